The number of urea groups is 1. The number of halogens is 1. The van der Waals surface area contributed by atoms with E-state index in [9.17, 15) is 14.8 Å². The third-order valence-electron chi connectivity index (χ3n) is 6.21. The highest BCUT2D eigenvalue weighted by molar-refractivity contribution is 6.25. The highest BCUT2D eigenvalue weighted by Gasteiger charge is 2.32. The van der Waals surface area contributed by atoms with E-state index in [0.29, 0.717) is 5.69 Å². The number of nitrogens with one attached hydrogen (secondary N) is 2. The van der Waals surface area contributed by atoms with E-state index >= 15 is 4.39 Å². The van der Waals surface area contributed by atoms with E-state index in [1.807, 2.05) is 18.2 Å². The first kappa shape index (κ1) is 22.9. The lowest BCUT2D eigenvalue weighted by atomic mass is 9.92. The Morgan fingerprint density at radius 1 is 1.14 bits per heavy atom. The number of amidine groups is 1. The van der Waals surface area contributed by atoms with Crippen LogP contribution >= 0.6 is 0 Å². The monoisotopic (exact) mass is 479 g/mol. The molecular formula is C25H26FN5O4. The van der Waals surface area contributed by atoms with Crippen LogP contribution in [0.3, 0.4) is 0 Å². The minimum atomic E-state index is -0.969. The molecule has 5 bridgehead atoms. The van der Waals surface area contributed by atoms with E-state index in [1.165, 1.54) is 6.07 Å². The first-order valence-corrected chi connectivity index (χ1v) is 11.4. The Hall–Kier alpha value is -3.92. The van der Waals surface area contributed by atoms with Crippen molar-refractivity contribution in [2.24, 2.45) is 5.10 Å². The van der Waals surface area contributed by atoms with Crippen LogP contribution in [0.25, 0.3) is 22.2 Å². The molecule has 2 aliphatic heterocycles. The molecule has 35 heavy (non-hydrogen) atoms. The minimum absolute atomic E-state index is 0.0201. The largest absolute Gasteiger partial charge is 0.443 e. The van der Waals surface area contributed by atoms with Crippen LogP contribution in [0.4, 0.5) is 19.7 Å². The molecule has 1 aromatic heterocycles. The molecule has 0 radical (unpaired) electrons. The Morgan fingerprint density at radius 3 is 2.46 bits per heavy atom. The van der Waals surface area contributed by atoms with Gasteiger partial charge in [0.1, 0.15) is 11.4 Å². The molecule has 3 amide bonds. The second-order valence-electron chi connectivity index (χ2n) is 9.72. The van der Waals surface area contributed by atoms with Crippen LogP contribution in [0.2, 0.25) is 0 Å². The first-order chi connectivity index (χ1) is 16.7. The number of rotatable bonds is 2. The fourth-order valence-electron chi connectivity index (χ4n) is 4.52. The number of benzene rings is 2. The Morgan fingerprint density at radius 2 is 1.86 bits per heavy atom. The van der Waals surface area contributed by atoms with Crippen LogP contribution in [0.15, 0.2) is 47.6 Å². The van der Waals surface area contributed by atoms with E-state index in [-0.39, 0.29) is 17.4 Å². The van der Waals surface area contributed by atoms with Crippen LogP contribution in [0, 0.1) is 5.82 Å². The number of aromatic nitrogens is 1. The summed E-state index contributed by atoms with van der Waals surface area (Å²) < 4.78 is 22.8. The van der Waals surface area contributed by atoms with E-state index in [4.69, 9.17) is 4.74 Å². The quantitative estimate of drug-likeness (QED) is 0.434. The zero-order valence-electron chi connectivity index (χ0n) is 19.6. The fourth-order valence-corrected chi connectivity index (χ4v) is 4.52. The Bertz CT molecular complexity index is 1350. The third-order valence-corrected chi connectivity index (χ3v) is 6.21. The van der Waals surface area contributed by atoms with Gasteiger partial charge in [0, 0.05) is 22.6 Å². The van der Waals surface area contributed by atoms with Crippen molar-refractivity contribution in [1.82, 2.24) is 15.5 Å². The van der Waals surface area contributed by atoms with E-state index in [2.05, 4.69) is 15.0 Å². The molecule has 10 heteroatoms. The SMILES string of the molecule is CC(C)(C)OC(=O)NC(=O)N1/C(=N/NO)c2cc3c(cc2F)cc(n3C2CCC2)-c2ccc1cc2. The zero-order chi connectivity index (χ0) is 24.9. The van der Waals surface area contributed by atoms with Gasteiger partial charge >= 0.3 is 12.1 Å². The van der Waals surface area contributed by atoms with Gasteiger partial charge in [-0.05, 0) is 75.9 Å². The fraction of sp³-hybridized carbons (Fsp3) is 0.320. The summed E-state index contributed by atoms with van der Waals surface area (Å²) in [6, 6.07) is 11.4. The number of hydrazone groups is 1. The van der Waals surface area contributed by atoms with Gasteiger partial charge in [0.05, 0.1) is 11.3 Å². The lowest BCUT2D eigenvalue weighted by molar-refractivity contribution is 0.0550. The summed E-state index contributed by atoms with van der Waals surface area (Å²) in [6.45, 7) is 5.00. The second kappa shape index (κ2) is 8.38. The number of nitrogens with zero attached hydrogens (tertiary/aromatic N) is 3. The molecule has 1 saturated carbocycles. The van der Waals surface area contributed by atoms with Crippen molar-refractivity contribution < 1.29 is 23.9 Å². The van der Waals surface area contributed by atoms with Gasteiger partial charge in [-0.15, -0.1) is 5.10 Å². The molecular weight excluding hydrogens is 453 g/mol. The minimum Gasteiger partial charge on any atom is -0.443 e. The number of carbonyl (C=O) groups is 2. The van der Waals surface area contributed by atoms with Crippen molar-refractivity contribution in [2.75, 3.05) is 4.90 Å². The molecule has 0 spiro atoms. The number of imide groups is 1. The predicted octanol–water partition coefficient (Wildman–Crippen LogP) is 5.28. The average molecular weight is 480 g/mol. The van der Waals surface area contributed by atoms with Gasteiger partial charge in [-0.3, -0.25) is 5.21 Å². The molecule has 1 fully saturated rings. The number of ether oxygens (including phenoxy) is 1. The summed E-state index contributed by atoms with van der Waals surface area (Å²) in [6.07, 6.45) is 2.19. The normalized spacial score (nSPS) is 16.5. The van der Waals surface area contributed by atoms with Gasteiger partial charge in [0.25, 0.3) is 0 Å². The molecule has 0 atom stereocenters. The van der Waals surface area contributed by atoms with Gasteiger partial charge in [-0.1, -0.05) is 12.1 Å². The predicted molar refractivity (Wildman–Crippen MR) is 129 cm³/mol. The average Bonchev–Trinajstić information content (AvgIpc) is 3.06. The zero-order valence-corrected chi connectivity index (χ0v) is 19.6. The highest BCUT2D eigenvalue weighted by Crippen LogP contribution is 2.41. The van der Waals surface area contributed by atoms with Crippen molar-refractivity contribution in [2.45, 2.75) is 51.7 Å². The molecule has 3 aliphatic rings. The molecule has 182 valence electrons. The van der Waals surface area contributed by atoms with Crippen molar-refractivity contribution >= 4 is 34.6 Å². The van der Waals surface area contributed by atoms with Crippen molar-refractivity contribution in [1.29, 1.82) is 0 Å². The van der Waals surface area contributed by atoms with Gasteiger partial charge in [0.2, 0.25) is 0 Å². The highest BCUT2D eigenvalue weighted by atomic mass is 19.1. The smallest absolute Gasteiger partial charge is 0.415 e. The molecule has 9 nitrogen and oxygen atoms in total. The van der Waals surface area contributed by atoms with Crippen LogP contribution in [-0.4, -0.2) is 33.3 Å². The lowest BCUT2D eigenvalue weighted by Gasteiger charge is -2.30. The molecule has 2 aromatic carbocycles. The maximum Gasteiger partial charge on any atom is 0.415 e. The Balaban J connectivity index is 1.69. The van der Waals surface area contributed by atoms with Crippen LogP contribution in [0.5, 0.6) is 0 Å². The number of carbonyl (C=O) groups excluding carboxylic acids is 2. The molecule has 0 saturated heterocycles. The van der Waals surface area contributed by atoms with Crippen LogP contribution in [0.1, 0.15) is 51.6 Å². The van der Waals surface area contributed by atoms with Crippen LogP contribution in [-0.2, 0) is 4.74 Å². The number of fused-ring (bicyclic) bond motifs is 3. The van der Waals surface area contributed by atoms with E-state index < -0.39 is 23.5 Å². The summed E-state index contributed by atoms with van der Waals surface area (Å²) in [5.74, 6) is -0.862. The van der Waals surface area contributed by atoms with Gasteiger partial charge < -0.3 is 9.30 Å². The number of amides is 3. The first-order valence-electron chi connectivity index (χ1n) is 11.4. The molecule has 3 heterocycles. The summed E-state index contributed by atoms with van der Waals surface area (Å²) in [5.41, 5.74) is 3.80. The summed E-state index contributed by atoms with van der Waals surface area (Å²) in [5, 5.41) is 16.2. The van der Waals surface area contributed by atoms with Crippen molar-refractivity contribution in [3.63, 3.8) is 0 Å². The molecule has 0 unspecified atom stereocenters. The maximum absolute atomic E-state index is 15.4. The number of hydrogen-bond donors (Lipinski definition) is 3. The lowest BCUT2D eigenvalue weighted by Crippen LogP contribution is -2.48. The molecule has 3 aromatic rings. The summed E-state index contributed by atoms with van der Waals surface area (Å²) in [7, 11) is 0. The second-order valence-corrected chi connectivity index (χ2v) is 9.72. The van der Waals surface area contributed by atoms with E-state index in [0.717, 1.165) is 46.3 Å². The Kier molecular flexibility index (Phi) is 5.47. The summed E-state index contributed by atoms with van der Waals surface area (Å²) in [4.78, 5) is 26.7. The maximum atomic E-state index is 15.4. The Labute approximate surface area is 201 Å². The molecule has 6 rings (SSSR count). The molecule has 3 N–H and O–H groups in total. The van der Waals surface area contributed by atoms with Gasteiger partial charge in [0.15, 0.2) is 5.84 Å². The standard InChI is InChI=1S/C25H26FN5O4/c1-25(2,3)35-24(33)27-23(32)31-17-9-7-14(8-10-17)20-12-15-11-19(26)18(22(31)28-29-34)13-21(15)30(20)16-5-4-6-16/h7-13,16,29,34H,4-6H2,1-3H3,(H,27,32,33)/b28-22+. The number of anilines is 1. The van der Waals surface area contributed by atoms with Crippen LogP contribution < -0.4 is 15.8 Å². The van der Waals surface area contributed by atoms with Gasteiger partial charge in [-0.25, -0.2) is 24.2 Å². The van der Waals surface area contributed by atoms with Crippen molar-refractivity contribution in [3.05, 3.63) is 53.8 Å². The van der Waals surface area contributed by atoms with Gasteiger partial charge in [-0.2, -0.15) is 5.59 Å². The summed E-state index contributed by atoms with van der Waals surface area (Å²) >= 11 is 0. The third kappa shape index (κ3) is 4.10. The van der Waals surface area contributed by atoms with E-state index in [1.54, 1.807) is 44.6 Å². The molecule has 1 aliphatic carbocycles. The number of hydrogen-bond acceptors (Lipinski definition) is 6. The van der Waals surface area contributed by atoms with Crippen molar-refractivity contribution in [3.8, 4) is 11.3 Å². The number of alkyl carbamates (subject to hydrolysis) is 1. The topological polar surface area (TPSA) is 108 Å².